The first-order chi connectivity index (χ1) is 10.6. The van der Waals surface area contributed by atoms with Crippen LogP contribution >= 0.6 is 11.3 Å². The maximum atomic E-state index is 12.3. The van der Waals surface area contributed by atoms with Gasteiger partial charge >= 0.3 is 0 Å². The van der Waals surface area contributed by atoms with Gasteiger partial charge in [0.15, 0.2) is 5.69 Å². The van der Waals surface area contributed by atoms with Crippen LogP contribution in [0.25, 0.3) is 0 Å². The monoisotopic (exact) mass is 319 g/mol. The molecule has 22 heavy (non-hydrogen) atoms. The molecule has 2 aromatic rings. The van der Waals surface area contributed by atoms with Gasteiger partial charge < -0.3 is 5.32 Å². The highest BCUT2D eigenvalue weighted by atomic mass is 32.1. The number of carbonyl (C=O) groups excluding carboxylic acids is 1. The van der Waals surface area contributed by atoms with Crippen molar-refractivity contribution < 1.29 is 4.79 Å². The summed E-state index contributed by atoms with van der Waals surface area (Å²) in [5.41, 5.74) is 1.36. The summed E-state index contributed by atoms with van der Waals surface area (Å²) < 4.78 is 1.85. The zero-order chi connectivity index (χ0) is 15.5. The van der Waals surface area contributed by atoms with E-state index in [1.807, 2.05) is 23.9 Å². The second kappa shape index (κ2) is 6.56. The molecule has 6 nitrogen and oxygen atoms in total. The third kappa shape index (κ3) is 3.35. The van der Waals surface area contributed by atoms with Gasteiger partial charge in [0.05, 0.1) is 18.3 Å². The molecule has 0 aromatic carbocycles. The number of nitrogens with zero attached hydrogens (tertiary/aromatic N) is 4. The maximum absolute atomic E-state index is 12.3. The quantitative estimate of drug-likeness (QED) is 0.940. The van der Waals surface area contributed by atoms with Crippen LogP contribution in [0.2, 0.25) is 0 Å². The smallest absolute Gasteiger partial charge is 0.274 e. The predicted molar refractivity (Wildman–Crippen MR) is 84.9 cm³/mol. The molecule has 2 aromatic heterocycles. The molecule has 1 unspecified atom stereocenters. The van der Waals surface area contributed by atoms with Crippen LogP contribution in [0, 0.1) is 6.92 Å². The number of aromatic nitrogens is 4. The van der Waals surface area contributed by atoms with Crippen LogP contribution in [-0.2, 0) is 0 Å². The number of hydrogen-bond donors (Lipinski definition) is 1. The molecule has 1 fully saturated rings. The summed E-state index contributed by atoms with van der Waals surface area (Å²) in [6, 6.07) is 0.271. The number of carbonyl (C=O) groups is 1. The Balaban J connectivity index is 1.63. The minimum absolute atomic E-state index is 0.119. The molecule has 1 atom stereocenters. The van der Waals surface area contributed by atoms with Gasteiger partial charge in [0.1, 0.15) is 5.01 Å². The van der Waals surface area contributed by atoms with Gasteiger partial charge in [0.25, 0.3) is 5.91 Å². The topological polar surface area (TPSA) is 72.7 Å². The van der Waals surface area contributed by atoms with E-state index in [4.69, 9.17) is 0 Å². The van der Waals surface area contributed by atoms with E-state index in [0.29, 0.717) is 11.7 Å². The van der Waals surface area contributed by atoms with Crippen molar-refractivity contribution in [2.45, 2.75) is 58.0 Å². The van der Waals surface area contributed by atoms with Crippen LogP contribution < -0.4 is 5.32 Å². The first-order valence-corrected chi connectivity index (χ1v) is 8.66. The summed E-state index contributed by atoms with van der Waals surface area (Å²) in [5, 5.41) is 14.0. The van der Waals surface area contributed by atoms with Crippen molar-refractivity contribution in [3.05, 3.63) is 28.0 Å². The fourth-order valence-corrected chi connectivity index (χ4v) is 3.61. The van der Waals surface area contributed by atoms with Crippen molar-refractivity contribution >= 4 is 17.2 Å². The largest absolute Gasteiger partial charge is 0.342 e. The lowest BCUT2D eigenvalue weighted by atomic mass is 9.96. The number of aryl methyl sites for hydroxylation is 1. The maximum Gasteiger partial charge on any atom is 0.274 e. The lowest BCUT2D eigenvalue weighted by Crippen LogP contribution is -2.27. The van der Waals surface area contributed by atoms with E-state index >= 15 is 0 Å². The van der Waals surface area contributed by atoms with Gasteiger partial charge in [-0.1, -0.05) is 24.5 Å². The first kappa shape index (κ1) is 15.1. The molecule has 1 N–H and O–H groups in total. The molecule has 0 aliphatic heterocycles. The number of amides is 1. The number of thiazole rings is 1. The van der Waals surface area contributed by atoms with Gasteiger partial charge in [0.2, 0.25) is 0 Å². The standard InChI is InChI=1S/C15H21N5OS/c1-10-9-22-15(16-10)11(2)17-14(21)13-8-20(19-18-13)12-6-4-3-5-7-12/h8-9,11-12H,3-7H2,1-2H3,(H,17,21). The minimum Gasteiger partial charge on any atom is -0.342 e. The summed E-state index contributed by atoms with van der Waals surface area (Å²) in [6.45, 7) is 3.88. The Bertz CT molecular complexity index is 644. The van der Waals surface area contributed by atoms with Crippen molar-refractivity contribution in [1.29, 1.82) is 0 Å². The third-order valence-corrected chi connectivity index (χ3v) is 5.19. The molecule has 0 spiro atoms. The Hall–Kier alpha value is -1.76. The molecule has 0 bridgehead atoms. The Labute approximate surface area is 133 Å². The van der Waals surface area contributed by atoms with Gasteiger partial charge in [0, 0.05) is 11.1 Å². The van der Waals surface area contributed by atoms with Crippen LogP contribution in [0.3, 0.4) is 0 Å². The highest BCUT2D eigenvalue weighted by Crippen LogP contribution is 2.27. The van der Waals surface area contributed by atoms with Crippen LogP contribution in [-0.4, -0.2) is 25.9 Å². The summed E-state index contributed by atoms with van der Waals surface area (Å²) >= 11 is 1.56. The SMILES string of the molecule is Cc1csc(C(C)NC(=O)c2cn(C3CCCCC3)nn2)n1. The molecule has 3 rings (SSSR count). The molecule has 7 heteroatoms. The molecular formula is C15H21N5OS. The van der Waals surface area contributed by atoms with Gasteiger partial charge in [-0.15, -0.1) is 16.4 Å². The van der Waals surface area contributed by atoms with E-state index in [2.05, 4.69) is 20.6 Å². The zero-order valence-electron chi connectivity index (χ0n) is 13.0. The number of nitrogens with one attached hydrogen (secondary N) is 1. The molecule has 118 valence electrons. The Kier molecular flexibility index (Phi) is 4.52. The minimum atomic E-state index is -0.192. The van der Waals surface area contributed by atoms with Crippen molar-refractivity contribution in [3.63, 3.8) is 0 Å². The van der Waals surface area contributed by atoms with E-state index in [9.17, 15) is 4.79 Å². The van der Waals surface area contributed by atoms with E-state index < -0.39 is 0 Å². The summed E-state index contributed by atoms with van der Waals surface area (Å²) in [7, 11) is 0. The molecule has 0 saturated heterocycles. The molecule has 1 aliphatic carbocycles. The summed E-state index contributed by atoms with van der Waals surface area (Å²) in [4.78, 5) is 16.7. The Morgan fingerprint density at radius 2 is 2.18 bits per heavy atom. The number of rotatable bonds is 4. The lowest BCUT2D eigenvalue weighted by Gasteiger charge is -2.20. The Morgan fingerprint density at radius 1 is 1.41 bits per heavy atom. The number of hydrogen-bond acceptors (Lipinski definition) is 5. The average Bonchev–Trinajstić information content (AvgIpc) is 3.17. The lowest BCUT2D eigenvalue weighted by molar-refractivity contribution is 0.0934. The second-order valence-corrected chi connectivity index (χ2v) is 6.79. The Morgan fingerprint density at radius 3 is 2.86 bits per heavy atom. The van der Waals surface area contributed by atoms with Crippen LogP contribution in [0.4, 0.5) is 0 Å². The van der Waals surface area contributed by atoms with Crippen LogP contribution in [0.1, 0.15) is 72.3 Å². The van der Waals surface area contributed by atoms with E-state index in [-0.39, 0.29) is 11.9 Å². The normalized spacial score (nSPS) is 17.4. The third-order valence-electron chi connectivity index (χ3n) is 4.05. The summed E-state index contributed by atoms with van der Waals surface area (Å²) in [5.74, 6) is -0.192. The molecule has 1 saturated carbocycles. The molecule has 1 aliphatic rings. The van der Waals surface area contributed by atoms with Crippen molar-refractivity contribution in [2.75, 3.05) is 0 Å². The van der Waals surface area contributed by atoms with Gasteiger partial charge in [-0.3, -0.25) is 4.79 Å². The first-order valence-electron chi connectivity index (χ1n) is 7.78. The van der Waals surface area contributed by atoms with E-state index in [0.717, 1.165) is 23.5 Å². The summed E-state index contributed by atoms with van der Waals surface area (Å²) in [6.07, 6.45) is 7.77. The van der Waals surface area contributed by atoms with Crippen LogP contribution in [0.15, 0.2) is 11.6 Å². The van der Waals surface area contributed by atoms with Gasteiger partial charge in [-0.25, -0.2) is 9.67 Å². The van der Waals surface area contributed by atoms with Crippen molar-refractivity contribution in [2.24, 2.45) is 0 Å². The molecule has 0 radical (unpaired) electrons. The molecule has 2 heterocycles. The highest BCUT2D eigenvalue weighted by Gasteiger charge is 2.20. The molecular weight excluding hydrogens is 298 g/mol. The average molecular weight is 319 g/mol. The van der Waals surface area contributed by atoms with Crippen LogP contribution in [0.5, 0.6) is 0 Å². The fourth-order valence-electron chi connectivity index (χ4n) is 2.81. The van der Waals surface area contributed by atoms with Gasteiger partial charge in [-0.05, 0) is 26.7 Å². The van der Waals surface area contributed by atoms with Crippen molar-refractivity contribution in [1.82, 2.24) is 25.3 Å². The zero-order valence-corrected chi connectivity index (χ0v) is 13.8. The molecule has 1 amide bonds. The van der Waals surface area contributed by atoms with Crippen molar-refractivity contribution in [3.8, 4) is 0 Å². The van der Waals surface area contributed by atoms with E-state index in [1.54, 1.807) is 17.5 Å². The predicted octanol–water partition coefficient (Wildman–Crippen LogP) is 3.04. The van der Waals surface area contributed by atoms with Gasteiger partial charge in [-0.2, -0.15) is 0 Å². The second-order valence-electron chi connectivity index (χ2n) is 5.90. The fraction of sp³-hybridized carbons (Fsp3) is 0.600. The highest BCUT2D eigenvalue weighted by molar-refractivity contribution is 7.09. The van der Waals surface area contributed by atoms with E-state index in [1.165, 1.54) is 19.3 Å².